The first-order valence-corrected chi connectivity index (χ1v) is 7.67. The third kappa shape index (κ3) is 3.21. The summed E-state index contributed by atoms with van der Waals surface area (Å²) in [5.41, 5.74) is 5.97. The summed E-state index contributed by atoms with van der Waals surface area (Å²) < 4.78 is 40.2. The molecule has 0 radical (unpaired) electrons. The van der Waals surface area contributed by atoms with Crippen molar-refractivity contribution >= 4 is 43.2 Å². The zero-order valence-corrected chi connectivity index (χ0v) is 13.3. The highest BCUT2D eigenvalue weighted by atomic mass is 79.9. The van der Waals surface area contributed by atoms with Crippen molar-refractivity contribution in [1.29, 1.82) is 0 Å². The number of benzene rings is 1. The van der Waals surface area contributed by atoms with Gasteiger partial charge in [-0.1, -0.05) is 22.0 Å². The molecule has 0 aliphatic heterocycles. The molecule has 1 aromatic carbocycles. The Morgan fingerprint density at radius 2 is 1.79 bits per heavy atom. The summed E-state index contributed by atoms with van der Waals surface area (Å²) >= 11 is 7.73. The van der Waals surface area contributed by atoms with Gasteiger partial charge in [-0.3, -0.25) is 0 Å². The molecule has 0 spiro atoms. The number of hydrogen-bond donors (Lipinski definition) is 1. The molecule has 0 fully saturated rings. The van der Waals surface area contributed by atoms with Gasteiger partial charge in [0.2, 0.25) is 0 Å². The molecule has 19 heavy (non-hydrogen) atoms. The Morgan fingerprint density at radius 3 is 2.32 bits per heavy atom. The minimum absolute atomic E-state index is 0.0646. The summed E-state index contributed by atoms with van der Waals surface area (Å²) in [5.74, 6) is 0. The van der Waals surface area contributed by atoms with Gasteiger partial charge in [0.15, 0.2) is 0 Å². The molecule has 1 nitrogen and oxygen atoms in total. The average Bonchev–Trinajstić information content (AvgIpc) is 2.73. The number of alkyl halides is 3. The van der Waals surface area contributed by atoms with E-state index in [-0.39, 0.29) is 5.56 Å². The van der Waals surface area contributed by atoms with E-state index in [2.05, 4.69) is 31.9 Å². The van der Waals surface area contributed by atoms with Crippen LogP contribution in [0.1, 0.15) is 22.7 Å². The summed E-state index contributed by atoms with van der Waals surface area (Å²) in [4.78, 5) is 0. The predicted molar refractivity (Wildman–Crippen MR) is 77.2 cm³/mol. The fourth-order valence-electron chi connectivity index (χ4n) is 1.73. The lowest BCUT2D eigenvalue weighted by atomic mass is 9.96. The van der Waals surface area contributed by atoms with Gasteiger partial charge in [-0.05, 0) is 44.6 Å². The number of thiophene rings is 1. The third-order valence-corrected chi connectivity index (χ3v) is 4.88. The monoisotopic (exact) mass is 413 g/mol. The summed E-state index contributed by atoms with van der Waals surface area (Å²) in [6.45, 7) is 0. The molecule has 1 aromatic heterocycles. The molecular formula is C12H8Br2F3NS. The maximum atomic E-state index is 13.0. The molecule has 0 saturated heterocycles. The first kappa shape index (κ1) is 15.0. The van der Waals surface area contributed by atoms with E-state index in [9.17, 15) is 13.2 Å². The Bertz CT molecular complexity index is 595. The van der Waals surface area contributed by atoms with Crippen molar-refractivity contribution in [2.75, 3.05) is 0 Å². The van der Waals surface area contributed by atoms with Crippen LogP contribution >= 0.6 is 43.2 Å². The van der Waals surface area contributed by atoms with Gasteiger partial charge in [0, 0.05) is 14.3 Å². The smallest absolute Gasteiger partial charge is 0.320 e. The first-order chi connectivity index (χ1) is 8.80. The predicted octanol–water partition coefficient (Wildman–Crippen LogP) is 5.34. The Morgan fingerprint density at radius 1 is 1.11 bits per heavy atom. The molecule has 0 aliphatic carbocycles. The quantitative estimate of drug-likeness (QED) is 0.705. The van der Waals surface area contributed by atoms with Crippen LogP contribution < -0.4 is 5.73 Å². The zero-order chi connectivity index (χ0) is 14.2. The molecule has 7 heteroatoms. The van der Waals surface area contributed by atoms with Crippen LogP contribution in [0.3, 0.4) is 0 Å². The second kappa shape index (κ2) is 5.55. The van der Waals surface area contributed by atoms with Crippen molar-refractivity contribution in [3.8, 4) is 0 Å². The second-order valence-corrected chi connectivity index (χ2v) is 6.40. The molecule has 2 aromatic rings. The number of halogens is 5. The van der Waals surface area contributed by atoms with E-state index in [1.165, 1.54) is 17.4 Å². The van der Waals surface area contributed by atoms with Crippen LogP contribution in [-0.4, -0.2) is 0 Å². The van der Waals surface area contributed by atoms with Crippen molar-refractivity contribution in [2.45, 2.75) is 12.2 Å². The highest BCUT2D eigenvalue weighted by molar-refractivity contribution is 9.10. The Hall–Kier alpha value is -0.370. The van der Waals surface area contributed by atoms with Crippen LogP contribution in [0.25, 0.3) is 0 Å². The van der Waals surface area contributed by atoms with Gasteiger partial charge in [-0.2, -0.15) is 24.5 Å². The van der Waals surface area contributed by atoms with Gasteiger partial charge in [0.25, 0.3) is 0 Å². The van der Waals surface area contributed by atoms with Crippen LogP contribution in [0.4, 0.5) is 13.2 Å². The van der Waals surface area contributed by atoms with Crippen LogP contribution in [0.2, 0.25) is 0 Å². The number of rotatable bonds is 2. The van der Waals surface area contributed by atoms with E-state index in [1.807, 2.05) is 0 Å². The summed E-state index contributed by atoms with van der Waals surface area (Å²) in [6, 6.07) is 3.20. The van der Waals surface area contributed by atoms with Gasteiger partial charge >= 0.3 is 6.18 Å². The van der Waals surface area contributed by atoms with Gasteiger partial charge < -0.3 is 5.73 Å². The Kier molecular flexibility index (Phi) is 4.39. The van der Waals surface area contributed by atoms with Crippen molar-refractivity contribution in [1.82, 2.24) is 0 Å². The van der Waals surface area contributed by atoms with Crippen molar-refractivity contribution in [2.24, 2.45) is 5.73 Å². The van der Waals surface area contributed by atoms with Crippen LogP contribution in [0, 0.1) is 0 Å². The minimum Gasteiger partial charge on any atom is -0.320 e. The maximum absolute atomic E-state index is 13.0. The van der Waals surface area contributed by atoms with E-state index < -0.39 is 17.8 Å². The second-order valence-electron chi connectivity index (χ2n) is 3.88. The third-order valence-electron chi connectivity index (χ3n) is 2.63. The van der Waals surface area contributed by atoms with E-state index in [4.69, 9.17) is 5.73 Å². The fraction of sp³-hybridized carbons (Fsp3) is 0.167. The zero-order valence-electron chi connectivity index (χ0n) is 9.34. The van der Waals surface area contributed by atoms with E-state index >= 15 is 0 Å². The summed E-state index contributed by atoms with van der Waals surface area (Å²) in [6.07, 6.45) is -4.43. The topological polar surface area (TPSA) is 26.0 Å². The standard InChI is InChI=1S/C12H8Br2F3NS/c13-6-1-2-7(9(3-6)12(15,16)17)11(18)8-4-19-5-10(8)14/h1-5,11H,18H2. The molecule has 1 heterocycles. The SMILES string of the molecule is NC(c1cscc1Br)c1ccc(Br)cc1C(F)(F)F. The normalized spacial score (nSPS) is 13.6. The molecule has 0 amide bonds. The highest BCUT2D eigenvalue weighted by Gasteiger charge is 2.35. The van der Waals surface area contributed by atoms with Crippen molar-refractivity contribution < 1.29 is 13.2 Å². The lowest BCUT2D eigenvalue weighted by molar-refractivity contribution is -0.138. The van der Waals surface area contributed by atoms with Crippen LogP contribution in [0.5, 0.6) is 0 Å². The van der Waals surface area contributed by atoms with Crippen molar-refractivity contribution in [3.05, 3.63) is 54.6 Å². The maximum Gasteiger partial charge on any atom is 0.416 e. The summed E-state index contributed by atoms with van der Waals surface area (Å²) in [7, 11) is 0. The Balaban J connectivity index is 2.54. The molecule has 1 unspecified atom stereocenters. The summed E-state index contributed by atoms with van der Waals surface area (Å²) in [5, 5.41) is 3.54. The van der Waals surface area contributed by atoms with Gasteiger partial charge in [-0.15, -0.1) is 0 Å². The van der Waals surface area contributed by atoms with Gasteiger partial charge in [0.1, 0.15) is 0 Å². The van der Waals surface area contributed by atoms with E-state index in [0.717, 1.165) is 10.5 Å². The molecule has 0 bridgehead atoms. The van der Waals surface area contributed by atoms with Crippen molar-refractivity contribution in [3.63, 3.8) is 0 Å². The number of nitrogens with two attached hydrogens (primary N) is 1. The molecule has 2 rings (SSSR count). The molecule has 2 N–H and O–H groups in total. The molecular weight excluding hydrogens is 407 g/mol. The molecule has 0 saturated carbocycles. The van der Waals surface area contributed by atoms with Crippen LogP contribution in [-0.2, 0) is 6.18 Å². The minimum atomic E-state index is -4.43. The molecule has 102 valence electrons. The van der Waals surface area contributed by atoms with Crippen LogP contribution in [0.15, 0.2) is 37.9 Å². The largest absolute Gasteiger partial charge is 0.416 e. The first-order valence-electron chi connectivity index (χ1n) is 5.14. The number of hydrogen-bond acceptors (Lipinski definition) is 2. The molecule has 1 atom stereocenters. The Labute approximate surface area is 128 Å². The highest BCUT2D eigenvalue weighted by Crippen LogP contribution is 2.39. The van der Waals surface area contributed by atoms with E-state index in [0.29, 0.717) is 10.0 Å². The average molecular weight is 415 g/mol. The lowest BCUT2D eigenvalue weighted by Gasteiger charge is -2.18. The van der Waals surface area contributed by atoms with Gasteiger partial charge in [0.05, 0.1) is 11.6 Å². The van der Waals surface area contributed by atoms with Gasteiger partial charge in [-0.25, -0.2) is 0 Å². The lowest BCUT2D eigenvalue weighted by Crippen LogP contribution is -2.18. The fourth-order valence-corrected chi connectivity index (χ4v) is 3.67. The molecule has 0 aliphatic rings. The van der Waals surface area contributed by atoms with E-state index in [1.54, 1.807) is 16.8 Å².